The van der Waals surface area contributed by atoms with Crippen LogP contribution in [0.3, 0.4) is 0 Å². The minimum atomic E-state index is 0.483. The predicted molar refractivity (Wildman–Crippen MR) is 123 cm³/mol. The molecular weight excluding hydrogens is 372 g/mol. The highest BCUT2D eigenvalue weighted by atomic mass is 16.5. The number of nitrogens with zero attached hydrogens (tertiary/aromatic N) is 2. The van der Waals surface area contributed by atoms with Crippen LogP contribution in [0.4, 0.5) is 5.82 Å². The van der Waals surface area contributed by atoms with Crippen molar-refractivity contribution in [2.45, 2.75) is 20.0 Å². The number of pyridine rings is 2. The van der Waals surface area contributed by atoms with E-state index in [-0.39, 0.29) is 0 Å². The molecule has 4 aromatic rings. The molecule has 2 aromatic heterocycles. The first kappa shape index (κ1) is 19.9. The number of aromatic nitrogens is 2. The second-order valence-electron chi connectivity index (χ2n) is 7.28. The van der Waals surface area contributed by atoms with E-state index in [9.17, 15) is 0 Å². The summed E-state index contributed by atoms with van der Waals surface area (Å²) in [6, 6.07) is 24.4. The van der Waals surface area contributed by atoms with Crippen molar-refractivity contribution in [3.8, 4) is 17.1 Å². The fourth-order valence-electron chi connectivity index (χ4n) is 3.24. The molecule has 0 amide bonds. The maximum absolute atomic E-state index is 5.93. The van der Waals surface area contributed by atoms with E-state index < -0.39 is 0 Å². The topological polar surface area (TPSA) is 73.1 Å². The number of nitrogens with two attached hydrogens (primary N) is 1. The van der Waals surface area contributed by atoms with Crippen molar-refractivity contribution in [1.29, 1.82) is 0 Å². The second-order valence-corrected chi connectivity index (χ2v) is 7.28. The van der Waals surface area contributed by atoms with Gasteiger partial charge in [-0.25, -0.2) is 9.97 Å². The summed E-state index contributed by atoms with van der Waals surface area (Å²) in [6.07, 6.45) is 0.879. The van der Waals surface area contributed by atoms with Gasteiger partial charge in [0, 0.05) is 23.6 Å². The van der Waals surface area contributed by atoms with Crippen LogP contribution in [-0.4, -0.2) is 23.1 Å². The van der Waals surface area contributed by atoms with Gasteiger partial charge in [-0.2, -0.15) is 0 Å². The normalized spacial score (nSPS) is 10.9. The summed E-state index contributed by atoms with van der Waals surface area (Å²) in [6.45, 7) is 3.96. The van der Waals surface area contributed by atoms with Gasteiger partial charge in [0.25, 0.3) is 0 Å². The zero-order valence-electron chi connectivity index (χ0n) is 17.1. The Labute approximate surface area is 176 Å². The zero-order chi connectivity index (χ0) is 20.8. The minimum absolute atomic E-state index is 0.483. The summed E-state index contributed by atoms with van der Waals surface area (Å²) in [5.41, 5.74) is 10.8. The standard InChI is InChI=1S/C25H26N4O/c1-18-8-10-20(11-9-18)22-16-23-21(25(29-22)27-15-5-14-26)12-13-24(28-23)30-17-19-6-3-2-4-7-19/h2-4,6-13,16H,5,14-15,17,26H2,1H3,(H,27,29). The van der Waals surface area contributed by atoms with Crippen molar-refractivity contribution in [2.75, 3.05) is 18.4 Å². The third-order valence-electron chi connectivity index (χ3n) is 4.91. The van der Waals surface area contributed by atoms with Gasteiger partial charge in [-0.1, -0.05) is 60.2 Å². The van der Waals surface area contributed by atoms with Crippen LogP contribution in [0.25, 0.3) is 22.2 Å². The number of aryl methyl sites for hydroxylation is 1. The number of anilines is 1. The van der Waals surface area contributed by atoms with Crippen LogP contribution in [0.15, 0.2) is 72.8 Å². The van der Waals surface area contributed by atoms with Crippen LogP contribution >= 0.6 is 0 Å². The minimum Gasteiger partial charge on any atom is -0.473 e. The fourth-order valence-corrected chi connectivity index (χ4v) is 3.24. The van der Waals surface area contributed by atoms with Crippen molar-refractivity contribution in [2.24, 2.45) is 5.73 Å². The van der Waals surface area contributed by atoms with E-state index in [1.807, 2.05) is 48.5 Å². The molecule has 0 aliphatic rings. The van der Waals surface area contributed by atoms with Gasteiger partial charge >= 0.3 is 0 Å². The molecule has 4 rings (SSSR count). The Kier molecular flexibility index (Phi) is 6.20. The van der Waals surface area contributed by atoms with Crippen LogP contribution in [0.5, 0.6) is 5.88 Å². The lowest BCUT2D eigenvalue weighted by atomic mass is 10.1. The number of hydrogen-bond donors (Lipinski definition) is 2. The average molecular weight is 399 g/mol. The maximum atomic E-state index is 5.93. The van der Waals surface area contributed by atoms with Crippen LogP contribution in [0.2, 0.25) is 0 Å². The van der Waals surface area contributed by atoms with Crippen molar-refractivity contribution in [3.05, 3.63) is 83.9 Å². The number of hydrogen-bond acceptors (Lipinski definition) is 5. The molecule has 0 unspecified atom stereocenters. The van der Waals surface area contributed by atoms with Gasteiger partial charge in [-0.05, 0) is 37.6 Å². The predicted octanol–water partition coefficient (Wildman–Crippen LogP) is 4.94. The summed E-state index contributed by atoms with van der Waals surface area (Å²) in [5, 5.41) is 4.38. The molecule has 5 heteroatoms. The first-order valence-electron chi connectivity index (χ1n) is 10.2. The molecule has 2 heterocycles. The lowest BCUT2D eigenvalue weighted by Gasteiger charge is -2.13. The van der Waals surface area contributed by atoms with Crippen LogP contribution < -0.4 is 15.8 Å². The lowest BCUT2D eigenvalue weighted by molar-refractivity contribution is 0.295. The molecule has 0 fully saturated rings. The van der Waals surface area contributed by atoms with Crippen molar-refractivity contribution in [1.82, 2.24) is 9.97 Å². The van der Waals surface area contributed by atoms with Gasteiger partial charge in [-0.15, -0.1) is 0 Å². The summed E-state index contributed by atoms with van der Waals surface area (Å²) < 4.78 is 5.93. The van der Waals surface area contributed by atoms with E-state index in [0.29, 0.717) is 19.0 Å². The molecule has 0 aliphatic heterocycles. The second kappa shape index (κ2) is 9.37. The highest BCUT2D eigenvalue weighted by Gasteiger charge is 2.10. The Bertz CT molecular complexity index is 1110. The van der Waals surface area contributed by atoms with Gasteiger partial charge in [0.05, 0.1) is 11.2 Å². The van der Waals surface area contributed by atoms with E-state index >= 15 is 0 Å². The van der Waals surface area contributed by atoms with Gasteiger partial charge < -0.3 is 15.8 Å². The number of nitrogens with one attached hydrogen (secondary N) is 1. The van der Waals surface area contributed by atoms with E-state index in [2.05, 4.69) is 36.5 Å². The largest absolute Gasteiger partial charge is 0.473 e. The summed E-state index contributed by atoms with van der Waals surface area (Å²) >= 11 is 0. The summed E-state index contributed by atoms with van der Waals surface area (Å²) in [5.74, 6) is 1.42. The van der Waals surface area contributed by atoms with Gasteiger partial charge in [0.2, 0.25) is 5.88 Å². The molecule has 2 aromatic carbocycles. The molecule has 0 radical (unpaired) electrons. The Balaban J connectivity index is 1.68. The quantitative estimate of drug-likeness (QED) is 0.411. The molecule has 30 heavy (non-hydrogen) atoms. The molecule has 5 nitrogen and oxygen atoms in total. The Hall–Kier alpha value is -3.44. The highest BCUT2D eigenvalue weighted by molar-refractivity contribution is 5.92. The SMILES string of the molecule is Cc1ccc(-c2cc3nc(OCc4ccccc4)ccc3c(NCCCN)n2)cc1. The van der Waals surface area contributed by atoms with Crippen molar-refractivity contribution in [3.63, 3.8) is 0 Å². The smallest absolute Gasteiger partial charge is 0.214 e. The van der Waals surface area contributed by atoms with E-state index in [4.69, 9.17) is 20.4 Å². The number of rotatable bonds is 8. The highest BCUT2D eigenvalue weighted by Crippen LogP contribution is 2.29. The van der Waals surface area contributed by atoms with Gasteiger partial charge in [0.15, 0.2) is 0 Å². The Morgan fingerprint density at radius 1 is 0.933 bits per heavy atom. The maximum Gasteiger partial charge on any atom is 0.214 e. The van der Waals surface area contributed by atoms with Crippen LogP contribution in [0.1, 0.15) is 17.5 Å². The lowest BCUT2D eigenvalue weighted by Crippen LogP contribution is -2.10. The molecule has 0 saturated heterocycles. The average Bonchev–Trinajstić information content (AvgIpc) is 2.78. The van der Waals surface area contributed by atoms with Gasteiger partial charge in [-0.3, -0.25) is 0 Å². The van der Waals surface area contributed by atoms with Crippen LogP contribution in [0, 0.1) is 6.92 Å². The first-order chi connectivity index (χ1) is 14.7. The molecule has 0 saturated carbocycles. The molecule has 152 valence electrons. The summed E-state index contributed by atoms with van der Waals surface area (Å²) in [7, 11) is 0. The fraction of sp³-hybridized carbons (Fsp3) is 0.200. The van der Waals surface area contributed by atoms with E-state index in [1.54, 1.807) is 0 Å². The molecule has 0 atom stereocenters. The van der Waals surface area contributed by atoms with Crippen molar-refractivity contribution >= 4 is 16.7 Å². The zero-order valence-corrected chi connectivity index (χ0v) is 17.1. The molecule has 0 bridgehead atoms. The first-order valence-corrected chi connectivity index (χ1v) is 10.2. The molecule has 0 aliphatic carbocycles. The van der Waals surface area contributed by atoms with Gasteiger partial charge in [0.1, 0.15) is 12.4 Å². The molecule has 3 N–H and O–H groups in total. The Morgan fingerprint density at radius 3 is 2.50 bits per heavy atom. The monoisotopic (exact) mass is 398 g/mol. The van der Waals surface area contributed by atoms with Crippen molar-refractivity contribution < 1.29 is 4.74 Å². The third-order valence-corrected chi connectivity index (χ3v) is 4.91. The third kappa shape index (κ3) is 4.75. The molecule has 0 spiro atoms. The molecular formula is C25H26N4O. The number of fused-ring (bicyclic) bond motifs is 1. The van der Waals surface area contributed by atoms with Crippen LogP contribution in [-0.2, 0) is 6.61 Å². The summed E-state index contributed by atoms with van der Waals surface area (Å²) in [4.78, 5) is 9.62. The van der Waals surface area contributed by atoms with E-state index in [0.717, 1.165) is 46.5 Å². The Morgan fingerprint density at radius 2 is 1.73 bits per heavy atom. The van der Waals surface area contributed by atoms with E-state index in [1.165, 1.54) is 5.56 Å². The number of benzene rings is 2. The number of ether oxygens (including phenoxy) is 1.